The first-order valence-electron chi connectivity index (χ1n) is 11.4. The SMILES string of the molecule is CC(C)NNC(=O)[C@@]1(CCC(=O)OC(C)(C)C)N=C(c2ccc(OCCCO)cc2)O[C@H]1C. The first-order valence-corrected chi connectivity index (χ1v) is 11.4. The van der Waals surface area contributed by atoms with Gasteiger partial charge in [-0.1, -0.05) is 0 Å². The molecule has 0 bridgehead atoms. The molecule has 0 fully saturated rings. The molecule has 0 radical (unpaired) electrons. The van der Waals surface area contributed by atoms with Crippen molar-refractivity contribution in [2.75, 3.05) is 13.2 Å². The fraction of sp³-hybridized carbons (Fsp3) is 0.625. The lowest BCUT2D eigenvalue weighted by Gasteiger charge is -2.29. The monoisotopic (exact) mass is 463 g/mol. The van der Waals surface area contributed by atoms with Crippen LogP contribution in [0.1, 0.15) is 66.4 Å². The summed E-state index contributed by atoms with van der Waals surface area (Å²) in [4.78, 5) is 30.2. The normalized spacial score (nSPS) is 20.2. The number of carbonyl (C=O) groups excluding carboxylic acids is 2. The van der Waals surface area contributed by atoms with Crippen LogP contribution in [-0.4, -0.2) is 59.4 Å². The summed E-state index contributed by atoms with van der Waals surface area (Å²) in [6, 6.07) is 7.19. The van der Waals surface area contributed by atoms with Gasteiger partial charge in [0.15, 0.2) is 5.54 Å². The molecule has 3 N–H and O–H groups in total. The van der Waals surface area contributed by atoms with Crippen LogP contribution in [-0.2, 0) is 19.1 Å². The maximum absolute atomic E-state index is 13.2. The number of benzene rings is 1. The highest BCUT2D eigenvalue weighted by Gasteiger charge is 2.50. The smallest absolute Gasteiger partial charge is 0.306 e. The van der Waals surface area contributed by atoms with Gasteiger partial charge in [-0.25, -0.2) is 10.4 Å². The Morgan fingerprint density at radius 1 is 1.24 bits per heavy atom. The number of amides is 1. The molecule has 1 aliphatic rings. The van der Waals surface area contributed by atoms with Crippen molar-refractivity contribution in [1.29, 1.82) is 0 Å². The van der Waals surface area contributed by atoms with E-state index in [1.807, 2.05) is 13.8 Å². The standard InChI is InChI=1S/C24H37N3O6/c1-16(2)26-27-22(30)24(13-12-20(29)33-23(4,5)6)17(3)32-21(25-24)18-8-10-19(11-9-18)31-15-7-14-28/h8-11,16-17,26,28H,7,12-15H2,1-6H3,(H,27,30)/t17-,24-/m0/s1. The molecule has 33 heavy (non-hydrogen) atoms. The number of hydrogen-bond donors (Lipinski definition) is 3. The first-order chi connectivity index (χ1) is 15.5. The zero-order valence-electron chi connectivity index (χ0n) is 20.4. The fourth-order valence-electron chi connectivity index (χ4n) is 3.26. The number of hydrazine groups is 1. The summed E-state index contributed by atoms with van der Waals surface area (Å²) in [5.74, 6) is 0.222. The third-order valence-corrected chi connectivity index (χ3v) is 4.93. The van der Waals surface area contributed by atoms with Gasteiger partial charge in [0.1, 0.15) is 17.5 Å². The van der Waals surface area contributed by atoms with Crippen molar-refractivity contribution in [3.63, 3.8) is 0 Å². The molecule has 184 valence electrons. The lowest BCUT2D eigenvalue weighted by Crippen LogP contribution is -2.56. The average molecular weight is 464 g/mol. The van der Waals surface area contributed by atoms with Gasteiger partial charge in [0.2, 0.25) is 5.90 Å². The molecular formula is C24H37N3O6. The molecule has 1 aromatic rings. The van der Waals surface area contributed by atoms with Gasteiger partial charge in [-0.2, -0.15) is 0 Å². The molecule has 0 aromatic heterocycles. The highest BCUT2D eigenvalue weighted by molar-refractivity contribution is 6.00. The van der Waals surface area contributed by atoms with E-state index >= 15 is 0 Å². The van der Waals surface area contributed by atoms with Crippen LogP contribution in [0.5, 0.6) is 5.75 Å². The Kier molecular flexibility index (Phi) is 9.25. The van der Waals surface area contributed by atoms with Crippen LogP contribution in [0.2, 0.25) is 0 Å². The summed E-state index contributed by atoms with van der Waals surface area (Å²) < 4.78 is 17.0. The van der Waals surface area contributed by atoms with Gasteiger partial charge in [0, 0.05) is 31.1 Å². The van der Waals surface area contributed by atoms with Crippen LogP contribution in [0, 0.1) is 0 Å². The molecule has 0 spiro atoms. The van der Waals surface area contributed by atoms with Crippen molar-refractivity contribution >= 4 is 17.8 Å². The van der Waals surface area contributed by atoms with Gasteiger partial charge in [-0.15, -0.1) is 0 Å². The Labute approximate surface area is 195 Å². The Balaban J connectivity index is 2.24. The minimum absolute atomic E-state index is 0.0223. The topological polar surface area (TPSA) is 118 Å². The molecule has 2 rings (SSSR count). The van der Waals surface area contributed by atoms with Crippen molar-refractivity contribution < 1.29 is 28.9 Å². The van der Waals surface area contributed by atoms with Crippen molar-refractivity contribution in [2.24, 2.45) is 4.99 Å². The van der Waals surface area contributed by atoms with E-state index in [9.17, 15) is 9.59 Å². The molecule has 0 saturated heterocycles. The zero-order valence-corrected chi connectivity index (χ0v) is 20.4. The van der Waals surface area contributed by atoms with Gasteiger partial charge >= 0.3 is 5.97 Å². The highest BCUT2D eigenvalue weighted by atomic mass is 16.6. The van der Waals surface area contributed by atoms with E-state index in [0.717, 1.165) is 0 Å². The number of aliphatic hydroxyl groups is 1. The van der Waals surface area contributed by atoms with Crippen LogP contribution in [0.3, 0.4) is 0 Å². The minimum atomic E-state index is -1.29. The van der Waals surface area contributed by atoms with Crippen LogP contribution < -0.4 is 15.6 Å². The molecule has 2 atom stereocenters. The predicted molar refractivity (Wildman–Crippen MR) is 125 cm³/mol. The first kappa shape index (κ1) is 26.6. The van der Waals surface area contributed by atoms with E-state index in [0.29, 0.717) is 30.2 Å². The van der Waals surface area contributed by atoms with Gasteiger partial charge in [-0.3, -0.25) is 15.0 Å². The summed E-state index contributed by atoms with van der Waals surface area (Å²) in [5.41, 5.74) is 4.41. The molecular weight excluding hydrogens is 426 g/mol. The summed E-state index contributed by atoms with van der Waals surface area (Å²) in [6.45, 7) is 11.5. The second-order valence-electron chi connectivity index (χ2n) is 9.39. The Morgan fingerprint density at radius 2 is 1.91 bits per heavy atom. The van der Waals surface area contributed by atoms with Crippen LogP contribution in [0.4, 0.5) is 0 Å². The fourth-order valence-corrected chi connectivity index (χ4v) is 3.26. The van der Waals surface area contributed by atoms with E-state index in [1.165, 1.54) is 0 Å². The molecule has 1 aliphatic heterocycles. The Morgan fingerprint density at radius 3 is 2.48 bits per heavy atom. The van der Waals surface area contributed by atoms with Gasteiger partial charge < -0.3 is 19.3 Å². The lowest BCUT2D eigenvalue weighted by atomic mass is 9.88. The number of carbonyl (C=O) groups is 2. The number of aliphatic hydroxyl groups excluding tert-OH is 1. The number of esters is 1. The van der Waals surface area contributed by atoms with Gasteiger partial charge in [0.25, 0.3) is 5.91 Å². The molecule has 1 aromatic carbocycles. The predicted octanol–water partition coefficient (Wildman–Crippen LogP) is 2.50. The summed E-state index contributed by atoms with van der Waals surface area (Å²) in [5, 5.41) is 8.87. The lowest BCUT2D eigenvalue weighted by molar-refractivity contribution is -0.155. The van der Waals surface area contributed by atoms with Crippen molar-refractivity contribution in [2.45, 2.75) is 84.1 Å². The largest absolute Gasteiger partial charge is 0.494 e. The quantitative estimate of drug-likeness (QED) is 0.262. The third-order valence-electron chi connectivity index (χ3n) is 4.93. The molecule has 0 saturated carbocycles. The average Bonchev–Trinajstić information content (AvgIpc) is 3.07. The summed E-state index contributed by atoms with van der Waals surface area (Å²) in [7, 11) is 0. The van der Waals surface area contributed by atoms with E-state index < -0.39 is 23.2 Å². The molecule has 9 nitrogen and oxygen atoms in total. The van der Waals surface area contributed by atoms with Crippen LogP contribution in [0.25, 0.3) is 0 Å². The maximum Gasteiger partial charge on any atom is 0.306 e. The second-order valence-corrected chi connectivity index (χ2v) is 9.39. The van der Waals surface area contributed by atoms with Crippen molar-refractivity contribution in [3.05, 3.63) is 29.8 Å². The van der Waals surface area contributed by atoms with Crippen molar-refractivity contribution in [3.8, 4) is 5.75 Å². The summed E-state index contributed by atoms with van der Waals surface area (Å²) >= 11 is 0. The highest BCUT2D eigenvalue weighted by Crippen LogP contribution is 2.33. The van der Waals surface area contributed by atoms with E-state index in [4.69, 9.17) is 19.3 Å². The number of aliphatic imine (C=N–C) groups is 1. The molecule has 0 aliphatic carbocycles. The van der Waals surface area contributed by atoms with E-state index in [-0.39, 0.29) is 31.4 Å². The Bertz CT molecular complexity index is 832. The second kappa shape index (κ2) is 11.5. The van der Waals surface area contributed by atoms with E-state index in [2.05, 4.69) is 15.8 Å². The van der Waals surface area contributed by atoms with Crippen LogP contribution in [0.15, 0.2) is 29.3 Å². The number of ether oxygens (including phenoxy) is 3. The maximum atomic E-state index is 13.2. The van der Waals surface area contributed by atoms with Crippen molar-refractivity contribution in [1.82, 2.24) is 10.9 Å². The number of rotatable bonds is 11. The summed E-state index contributed by atoms with van der Waals surface area (Å²) in [6.07, 6.45) is 0.119. The van der Waals surface area contributed by atoms with Gasteiger partial charge in [-0.05, 0) is 72.2 Å². The molecule has 1 heterocycles. The molecule has 0 unspecified atom stereocenters. The number of nitrogens with one attached hydrogen (secondary N) is 2. The van der Waals surface area contributed by atoms with Gasteiger partial charge in [0.05, 0.1) is 6.61 Å². The van der Waals surface area contributed by atoms with Crippen LogP contribution >= 0.6 is 0 Å². The molecule has 9 heteroatoms. The van der Waals surface area contributed by atoms with E-state index in [1.54, 1.807) is 52.0 Å². The number of nitrogens with zero attached hydrogens (tertiary/aromatic N) is 1. The Hall–Kier alpha value is -2.65. The number of hydrogen-bond acceptors (Lipinski definition) is 8. The minimum Gasteiger partial charge on any atom is -0.494 e. The third kappa shape index (κ3) is 7.71. The molecule has 1 amide bonds. The zero-order chi connectivity index (χ0) is 24.6.